The first-order chi connectivity index (χ1) is 11.2. The molecule has 2 rings (SSSR count). The first kappa shape index (κ1) is 18.4. The number of carbonyl (C=O) groups is 2. The molecule has 1 aromatic heterocycles. The van der Waals surface area contributed by atoms with Gasteiger partial charge in [-0.3, -0.25) is 9.69 Å². The summed E-state index contributed by atoms with van der Waals surface area (Å²) in [4.78, 5) is 30.1. The monoisotopic (exact) mass is 438 g/mol. The predicted molar refractivity (Wildman–Crippen MR) is 101 cm³/mol. The number of carbonyl (C=O) groups excluding carboxylic acids is 2. The van der Waals surface area contributed by atoms with E-state index in [1.165, 1.54) is 11.1 Å². The van der Waals surface area contributed by atoms with Crippen LogP contribution in [-0.4, -0.2) is 29.5 Å². The number of hydrogen-bond donors (Lipinski definition) is 0. The first-order valence-electron chi connectivity index (χ1n) is 7.40. The van der Waals surface area contributed by atoms with Crippen molar-refractivity contribution >= 4 is 40.3 Å². The summed E-state index contributed by atoms with van der Waals surface area (Å²) in [5.41, 5.74) is 0.462. The van der Waals surface area contributed by atoms with Gasteiger partial charge in [-0.25, -0.2) is 9.78 Å². The minimum atomic E-state index is -0.597. The summed E-state index contributed by atoms with van der Waals surface area (Å²) in [5.74, 6) is 0.244. The van der Waals surface area contributed by atoms with Crippen LogP contribution in [0.4, 0.5) is 10.6 Å². The van der Waals surface area contributed by atoms with E-state index in [1.54, 1.807) is 52.1 Å². The summed E-state index contributed by atoms with van der Waals surface area (Å²) < 4.78 is 6.37. The Morgan fingerprint density at radius 2 is 1.71 bits per heavy atom. The van der Waals surface area contributed by atoms with Crippen molar-refractivity contribution < 1.29 is 14.3 Å². The molecule has 0 radical (unpaired) electrons. The van der Waals surface area contributed by atoms with Crippen LogP contribution in [0.25, 0.3) is 0 Å². The van der Waals surface area contributed by atoms with E-state index < -0.39 is 11.7 Å². The van der Waals surface area contributed by atoms with Crippen molar-refractivity contribution in [1.82, 2.24) is 4.98 Å². The fourth-order valence-electron chi connectivity index (χ4n) is 1.93. The molecule has 1 aromatic carbocycles. The standard InChI is InChI=1S/C18H19IN2O3/c1-18(2,3)24-17(23)21(4)15-11-13(9-10-20-15)16(22)12-5-7-14(19)8-6-12/h5-11H,1-4H3. The largest absolute Gasteiger partial charge is 0.443 e. The van der Waals surface area contributed by atoms with Gasteiger partial charge in [-0.2, -0.15) is 0 Å². The number of benzene rings is 1. The molecule has 24 heavy (non-hydrogen) atoms. The van der Waals surface area contributed by atoms with E-state index in [4.69, 9.17) is 4.74 Å². The fraction of sp³-hybridized carbons (Fsp3) is 0.278. The van der Waals surface area contributed by atoms with Gasteiger partial charge in [-0.15, -0.1) is 0 Å². The SMILES string of the molecule is CN(C(=O)OC(C)(C)C)c1cc(C(=O)c2ccc(I)cc2)ccn1. The van der Waals surface area contributed by atoms with E-state index in [1.807, 2.05) is 12.1 Å². The van der Waals surface area contributed by atoms with Crippen LogP contribution in [0.2, 0.25) is 0 Å². The van der Waals surface area contributed by atoms with Gasteiger partial charge < -0.3 is 4.74 Å². The van der Waals surface area contributed by atoms with Crippen LogP contribution in [0.15, 0.2) is 42.6 Å². The third-order valence-corrected chi connectivity index (χ3v) is 3.84. The number of ketones is 1. The molecule has 126 valence electrons. The molecule has 5 nitrogen and oxygen atoms in total. The molecule has 0 aliphatic carbocycles. The highest BCUT2D eigenvalue weighted by molar-refractivity contribution is 14.1. The van der Waals surface area contributed by atoms with Crippen molar-refractivity contribution in [2.75, 3.05) is 11.9 Å². The second-order valence-corrected chi connectivity index (χ2v) is 7.52. The van der Waals surface area contributed by atoms with E-state index in [-0.39, 0.29) is 5.78 Å². The summed E-state index contributed by atoms with van der Waals surface area (Å²) in [6.45, 7) is 5.38. The zero-order valence-electron chi connectivity index (χ0n) is 14.0. The number of rotatable bonds is 3. The Morgan fingerprint density at radius 1 is 1.08 bits per heavy atom. The Morgan fingerprint density at radius 3 is 2.29 bits per heavy atom. The molecule has 0 aliphatic heterocycles. The quantitative estimate of drug-likeness (QED) is 0.530. The maximum Gasteiger partial charge on any atom is 0.415 e. The summed E-state index contributed by atoms with van der Waals surface area (Å²) in [7, 11) is 1.57. The molecule has 0 N–H and O–H groups in total. The lowest BCUT2D eigenvalue weighted by Gasteiger charge is -2.24. The van der Waals surface area contributed by atoms with Gasteiger partial charge in [0.2, 0.25) is 0 Å². The molecule has 0 bridgehead atoms. The molecular weight excluding hydrogens is 419 g/mol. The normalized spacial score (nSPS) is 11.0. The smallest absolute Gasteiger partial charge is 0.415 e. The van der Waals surface area contributed by atoms with Gasteiger partial charge in [0.05, 0.1) is 0 Å². The number of anilines is 1. The van der Waals surface area contributed by atoms with Crippen LogP contribution < -0.4 is 4.90 Å². The van der Waals surface area contributed by atoms with Gasteiger partial charge in [-0.1, -0.05) is 0 Å². The van der Waals surface area contributed by atoms with E-state index in [0.29, 0.717) is 16.9 Å². The van der Waals surface area contributed by atoms with Crippen molar-refractivity contribution in [3.63, 3.8) is 0 Å². The summed E-state index contributed by atoms with van der Waals surface area (Å²) in [6.07, 6.45) is 0.990. The molecule has 0 unspecified atom stereocenters. The van der Waals surface area contributed by atoms with Gasteiger partial charge >= 0.3 is 6.09 Å². The van der Waals surface area contributed by atoms with Crippen molar-refractivity contribution in [2.45, 2.75) is 26.4 Å². The molecule has 0 atom stereocenters. The molecule has 2 aromatic rings. The van der Waals surface area contributed by atoms with Gasteiger partial charge in [0.15, 0.2) is 5.78 Å². The first-order valence-corrected chi connectivity index (χ1v) is 8.48. The lowest BCUT2D eigenvalue weighted by Crippen LogP contribution is -2.34. The highest BCUT2D eigenvalue weighted by Gasteiger charge is 2.22. The number of ether oxygens (including phenoxy) is 1. The average molecular weight is 438 g/mol. The molecule has 0 spiro atoms. The number of halogens is 1. The Balaban J connectivity index is 2.23. The lowest BCUT2D eigenvalue weighted by molar-refractivity contribution is 0.0588. The highest BCUT2D eigenvalue weighted by atomic mass is 127. The van der Waals surface area contributed by atoms with Gasteiger partial charge in [0.1, 0.15) is 11.4 Å². The Hall–Kier alpha value is -1.96. The van der Waals surface area contributed by atoms with Crippen LogP contribution in [0, 0.1) is 3.57 Å². The molecular formula is C18H19IN2O3. The fourth-order valence-corrected chi connectivity index (χ4v) is 2.29. The van der Waals surface area contributed by atoms with Crippen molar-refractivity contribution in [1.29, 1.82) is 0 Å². The van der Waals surface area contributed by atoms with Crippen LogP contribution in [0.3, 0.4) is 0 Å². The summed E-state index contributed by atoms with van der Waals surface area (Å²) in [5, 5.41) is 0. The zero-order chi connectivity index (χ0) is 17.9. The van der Waals surface area contributed by atoms with E-state index >= 15 is 0 Å². The van der Waals surface area contributed by atoms with E-state index in [9.17, 15) is 9.59 Å². The highest BCUT2D eigenvalue weighted by Crippen LogP contribution is 2.18. The van der Waals surface area contributed by atoms with Crippen LogP contribution in [0.5, 0.6) is 0 Å². The molecule has 1 heterocycles. The lowest BCUT2D eigenvalue weighted by atomic mass is 10.0. The Labute approximate surface area is 155 Å². The predicted octanol–water partition coefficient (Wildman–Crippen LogP) is 4.29. The average Bonchev–Trinajstić information content (AvgIpc) is 2.52. The van der Waals surface area contributed by atoms with Gasteiger partial charge in [0, 0.05) is 27.9 Å². The molecule has 6 heteroatoms. The van der Waals surface area contributed by atoms with E-state index in [2.05, 4.69) is 27.6 Å². The van der Waals surface area contributed by atoms with E-state index in [0.717, 1.165) is 3.57 Å². The summed E-state index contributed by atoms with van der Waals surface area (Å²) in [6, 6.07) is 10.5. The number of amides is 1. The topological polar surface area (TPSA) is 59.5 Å². The molecule has 0 fully saturated rings. The number of pyridine rings is 1. The van der Waals surface area contributed by atoms with Crippen LogP contribution in [-0.2, 0) is 4.74 Å². The van der Waals surface area contributed by atoms with Crippen molar-refractivity contribution in [3.05, 3.63) is 57.3 Å². The maximum atomic E-state index is 12.6. The van der Waals surface area contributed by atoms with Crippen LogP contribution >= 0.6 is 22.6 Å². The molecule has 0 aliphatic rings. The van der Waals surface area contributed by atoms with Crippen molar-refractivity contribution in [2.24, 2.45) is 0 Å². The molecule has 0 saturated carbocycles. The second kappa shape index (κ2) is 7.29. The Kier molecular flexibility index (Phi) is 5.58. The number of hydrogen-bond acceptors (Lipinski definition) is 4. The molecule has 1 amide bonds. The van der Waals surface area contributed by atoms with Crippen molar-refractivity contribution in [3.8, 4) is 0 Å². The van der Waals surface area contributed by atoms with Gasteiger partial charge in [0.25, 0.3) is 0 Å². The minimum absolute atomic E-state index is 0.118. The number of nitrogens with zero attached hydrogens (tertiary/aromatic N) is 2. The van der Waals surface area contributed by atoms with Crippen LogP contribution in [0.1, 0.15) is 36.7 Å². The number of aromatic nitrogens is 1. The zero-order valence-corrected chi connectivity index (χ0v) is 16.2. The maximum absolute atomic E-state index is 12.6. The summed E-state index contributed by atoms with van der Waals surface area (Å²) >= 11 is 2.19. The third-order valence-electron chi connectivity index (χ3n) is 3.13. The third kappa shape index (κ3) is 4.77. The molecule has 0 saturated heterocycles. The second-order valence-electron chi connectivity index (χ2n) is 6.28. The van der Waals surface area contributed by atoms with Gasteiger partial charge in [-0.05, 0) is 79.8 Å². The minimum Gasteiger partial charge on any atom is -0.443 e. The Bertz CT molecular complexity index is 752.